The Hall–Kier alpha value is -5.26. The molecule has 0 aliphatic carbocycles. The summed E-state index contributed by atoms with van der Waals surface area (Å²) in [7, 11) is 0. The van der Waals surface area contributed by atoms with Gasteiger partial charge in [-0.25, -0.2) is 4.98 Å². The number of carbonyl (C=O) groups is 3. The molecule has 226 valence electrons. The summed E-state index contributed by atoms with van der Waals surface area (Å²) in [6, 6.07) is 15.3. The van der Waals surface area contributed by atoms with E-state index in [0.29, 0.717) is 35.1 Å². The maximum Gasteiger partial charge on any atom is 0.416 e. The number of halogens is 3. The molecule has 5 rings (SSSR count). The zero-order valence-electron chi connectivity index (χ0n) is 24.1. The van der Waals surface area contributed by atoms with Gasteiger partial charge in [-0.05, 0) is 81.1 Å². The van der Waals surface area contributed by atoms with Crippen molar-refractivity contribution in [3.8, 4) is 5.69 Å². The number of alkyl halides is 3. The van der Waals surface area contributed by atoms with Crippen molar-refractivity contribution in [2.45, 2.75) is 45.8 Å². The maximum absolute atomic E-state index is 13.6. The van der Waals surface area contributed by atoms with Crippen LogP contribution in [0.1, 0.15) is 57.1 Å². The van der Waals surface area contributed by atoms with E-state index in [2.05, 4.69) is 25.8 Å². The van der Waals surface area contributed by atoms with E-state index in [1.165, 1.54) is 23.9 Å². The number of aryl methyl sites for hydroxylation is 3. The van der Waals surface area contributed by atoms with Crippen molar-refractivity contribution in [2.75, 3.05) is 5.32 Å². The molecule has 0 unspecified atom stereocenters. The summed E-state index contributed by atoms with van der Waals surface area (Å²) in [6.07, 6.45) is -0.413. The second kappa shape index (κ2) is 12.2. The van der Waals surface area contributed by atoms with Crippen molar-refractivity contribution in [3.05, 3.63) is 107 Å². The molecular weight excluding hydrogens is 573 g/mol. The number of amides is 2. The highest BCUT2D eigenvalue weighted by molar-refractivity contribution is 6.06. The van der Waals surface area contributed by atoms with E-state index in [1.807, 2.05) is 18.2 Å². The van der Waals surface area contributed by atoms with Gasteiger partial charge >= 0.3 is 6.18 Å². The number of aromatic nitrogens is 4. The van der Waals surface area contributed by atoms with Crippen LogP contribution in [-0.2, 0) is 23.8 Å². The molecule has 1 atom stereocenters. The summed E-state index contributed by atoms with van der Waals surface area (Å²) in [5.74, 6) is -1.27. The fourth-order valence-corrected chi connectivity index (χ4v) is 4.68. The molecule has 2 amide bonds. The molecule has 0 spiro atoms. The van der Waals surface area contributed by atoms with Crippen molar-refractivity contribution < 1.29 is 27.6 Å². The van der Waals surface area contributed by atoms with Crippen LogP contribution in [0.4, 0.5) is 18.9 Å². The van der Waals surface area contributed by atoms with Crippen LogP contribution in [0, 0.1) is 6.92 Å². The highest BCUT2D eigenvalue weighted by Gasteiger charge is 2.32. The van der Waals surface area contributed by atoms with Gasteiger partial charge in [0, 0.05) is 28.5 Å². The van der Waals surface area contributed by atoms with E-state index in [1.54, 1.807) is 44.3 Å². The molecule has 0 fully saturated rings. The van der Waals surface area contributed by atoms with Crippen LogP contribution in [0.15, 0.2) is 73.2 Å². The lowest BCUT2D eigenvalue weighted by Gasteiger charge is -2.13. The minimum Gasteiger partial charge on any atom is -0.341 e. The molecular formula is C32H29F3N6O3. The zero-order valence-corrected chi connectivity index (χ0v) is 24.1. The van der Waals surface area contributed by atoms with E-state index in [9.17, 15) is 27.6 Å². The lowest BCUT2D eigenvalue weighted by Crippen LogP contribution is -2.37. The maximum atomic E-state index is 13.6. The van der Waals surface area contributed by atoms with Crippen molar-refractivity contribution in [3.63, 3.8) is 0 Å². The lowest BCUT2D eigenvalue weighted by molar-refractivity contribution is -0.137. The molecule has 0 saturated heterocycles. The lowest BCUT2D eigenvalue weighted by atomic mass is 10.0. The molecule has 0 saturated carbocycles. The first-order chi connectivity index (χ1) is 20.9. The number of imidazole rings is 1. The van der Waals surface area contributed by atoms with E-state index < -0.39 is 29.6 Å². The molecule has 2 aromatic heterocycles. The number of benzene rings is 3. The standard InChI is InChI=1S/C32H29F3N6O3/c1-18-16-41(17-36-18)26-14-23(13-24(15-26)32(33,34)35)30(43)38-25-6-4-5-21(11-25)7-8-22-9-10-27-28(12-22)39-40-29(27)31(44)37-19(2)20(3)42/h4-6,9-17,19H,7-8H2,1-3H3,(H,37,44)(H,38,43)(H,39,40)/t19-/m0/s1. The molecule has 9 nitrogen and oxygen atoms in total. The first kappa shape index (κ1) is 30.2. The number of carbonyl (C=O) groups excluding carboxylic acids is 3. The number of anilines is 1. The summed E-state index contributed by atoms with van der Waals surface area (Å²) >= 11 is 0. The second-order valence-corrected chi connectivity index (χ2v) is 10.6. The Bertz CT molecular complexity index is 1870. The molecule has 12 heteroatoms. The van der Waals surface area contributed by atoms with E-state index in [0.717, 1.165) is 23.3 Å². The van der Waals surface area contributed by atoms with Gasteiger partial charge in [0.05, 0.1) is 29.1 Å². The summed E-state index contributed by atoms with van der Waals surface area (Å²) in [5.41, 5.74) is 2.94. The predicted octanol–water partition coefficient (Wildman–Crippen LogP) is 5.82. The van der Waals surface area contributed by atoms with Crippen LogP contribution in [0.3, 0.4) is 0 Å². The van der Waals surface area contributed by atoms with Crippen molar-refractivity contribution in [2.24, 2.45) is 0 Å². The van der Waals surface area contributed by atoms with Gasteiger partial charge in [0.15, 0.2) is 11.5 Å². The number of nitrogens with one attached hydrogen (secondary N) is 3. The number of aromatic amines is 1. The highest BCUT2D eigenvalue weighted by Crippen LogP contribution is 2.32. The molecule has 0 aliphatic rings. The number of hydrogen-bond donors (Lipinski definition) is 3. The first-order valence-electron chi connectivity index (χ1n) is 13.8. The third-order valence-electron chi connectivity index (χ3n) is 7.20. The van der Waals surface area contributed by atoms with Gasteiger partial charge in [-0.3, -0.25) is 19.5 Å². The van der Waals surface area contributed by atoms with Crippen LogP contribution in [-0.4, -0.2) is 43.4 Å². The Balaban J connectivity index is 1.28. The summed E-state index contributed by atoms with van der Waals surface area (Å²) in [6.45, 7) is 4.73. The number of fused-ring (bicyclic) bond motifs is 1. The van der Waals surface area contributed by atoms with Gasteiger partial charge in [0.2, 0.25) is 0 Å². The minimum atomic E-state index is -4.64. The second-order valence-electron chi connectivity index (χ2n) is 10.6. The van der Waals surface area contributed by atoms with Crippen LogP contribution >= 0.6 is 0 Å². The Morgan fingerprint density at radius 3 is 2.41 bits per heavy atom. The fraction of sp³-hybridized carbons (Fsp3) is 0.219. The number of H-pyrrole nitrogens is 1. The number of rotatable bonds is 9. The monoisotopic (exact) mass is 602 g/mol. The zero-order chi connectivity index (χ0) is 31.6. The van der Waals surface area contributed by atoms with Gasteiger partial charge in [0.1, 0.15) is 0 Å². The van der Waals surface area contributed by atoms with Crippen molar-refractivity contribution in [1.82, 2.24) is 25.1 Å². The van der Waals surface area contributed by atoms with Gasteiger partial charge in [0.25, 0.3) is 11.8 Å². The Morgan fingerprint density at radius 1 is 0.977 bits per heavy atom. The third-order valence-corrected chi connectivity index (χ3v) is 7.20. The number of ketones is 1. The Labute approximate surface area is 250 Å². The normalized spacial score (nSPS) is 12.2. The predicted molar refractivity (Wildman–Crippen MR) is 159 cm³/mol. The number of Topliss-reactive ketones (excluding diaryl/α,β-unsaturated/α-hetero) is 1. The molecule has 3 aromatic carbocycles. The van der Waals surface area contributed by atoms with Gasteiger partial charge in [-0.1, -0.05) is 24.3 Å². The minimum absolute atomic E-state index is 0.136. The first-order valence-corrected chi connectivity index (χ1v) is 13.8. The van der Waals surface area contributed by atoms with Crippen LogP contribution < -0.4 is 10.6 Å². The van der Waals surface area contributed by atoms with E-state index >= 15 is 0 Å². The SMILES string of the molecule is CC(=O)[C@H](C)NC(=O)c1n[nH]c2cc(CCc3cccc(NC(=O)c4cc(-n5cnc(C)c5)cc(C(F)(F)F)c4)c3)ccc12. The van der Waals surface area contributed by atoms with Crippen LogP contribution in [0.2, 0.25) is 0 Å². The van der Waals surface area contributed by atoms with Crippen molar-refractivity contribution in [1.29, 1.82) is 0 Å². The molecule has 0 radical (unpaired) electrons. The van der Waals surface area contributed by atoms with Gasteiger partial charge in [-0.2, -0.15) is 18.3 Å². The third kappa shape index (κ3) is 6.86. The van der Waals surface area contributed by atoms with Crippen LogP contribution in [0.5, 0.6) is 0 Å². The summed E-state index contributed by atoms with van der Waals surface area (Å²) in [4.78, 5) is 41.2. The molecule has 44 heavy (non-hydrogen) atoms. The topological polar surface area (TPSA) is 122 Å². The molecule has 2 heterocycles. The molecule has 0 bridgehead atoms. The Kier molecular flexibility index (Phi) is 8.34. The number of hydrogen-bond acceptors (Lipinski definition) is 5. The fourth-order valence-electron chi connectivity index (χ4n) is 4.68. The quantitative estimate of drug-likeness (QED) is 0.196. The van der Waals surface area contributed by atoms with E-state index in [-0.39, 0.29) is 22.7 Å². The average Bonchev–Trinajstić information content (AvgIpc) is 3.61. The smallest absolute Gasteiger partial charge is 0.341 e. The van der Waals surface area contributed by atoms with E-state index in [4.69, 9.17) is 0 Å². The summed E-state index contributed by atoms with van der Waals surface area (Å²) < 4.78 is 42.4. The highest BCUT2D eigenvalue weighted by atomic mass is 19.4. The Morgan fingerprint density at radius 2 is 1.73 bits per heavy atom. The van der Waals surface area contributed by atoms with Gasteiger partial charge < -0.3 is 15.2 Å². The molecule has 5 aromatic rings. The van der Waals surface area contributed by atoms with Gasteiger partial charge in [-0.15, -0.1) is 0 Å². The average molecular weight is 603 g/mol. The largest absolute Gasteiger partial charge is 0.416 e. The summed E-state index contributed by atoms with van der Waals surface area (Å²) in [5, 5.41) is 13.0. The van der Waals surface area contributed by atoms with Crippen molar-refractivity contribution >= 4 is 34.2 Å². The molecule has 3 N–H and O–H groups in total. The number of nitrogens with zero attached hydrogens (tertiary/aromatic N) is 3. The molecule has 0 aliphatic heterocycles. The van der Waals surface area contributed by atoms with Crippen LogP contribution in [0.25, 0.3) is 16.6 Å².